The van der Waals surface area contributed by atoms with E-state index >= 15 is 0 Å². The Kier molecular flexibility index (Phi) is 4.54. The van der Waals surface area contributed by atoms with Crippen molar-refractivity contribution in [1.29, 1.82) is 0 Å². The minimum atomic E-state index is 0.254. The van der Waals surface area contributed by atoms with Crippen LogP contribution >= 0.6 is 0 Å². The predicted octanol–water partition coefficient (Wildman–Crippen LogP) is 3.30. The Morgan fingerprint density at radius 3 is 2.67 bits per heavy atom. The predicted molar refractivity (Wildman–Crippen MR) is 75.0 cm³/mol. The molecule has 1 atom stereocenters. The fraction of sp³-hybridized carbons (Fsp3) is 0.562. The second-order valence-electron chi connectivity index (χ2n) is 5.60. The standard InChI is InChI=1S/C16H23NO/c1-13-4-3-10-17(11-9-13)12-16(18)15-7-5-14(2)6-8-15/h5-8,13H,3-4,9-12H2,1-2H3. The molecule has 1 aromatic rings. The molecule has 1 aromatic carbocycles. The van der Waals surface area contributed by atoms with Gasteiger partial charge in [0.25, 0.3) is 0 Å². The first-order chi connectivity index (χ1) is 8.65. The van der Waals surface area contributed by atoms with E-state index in [4.69, 9.17) is 0 Å². The zero-order valence-corrected chi connectivity index (χ0v) is 11.5. The van der Waals surface area contributed by atoms with Crippen molar-refractivity contribution in [2.24, 2.45) is 5.92 Å². The number of ketones is 1. The monoisotopic (exact) mass is 245 g/mol. The van der Waals surface area contributed by atoms with E-state index in [1.54, 1.807) is 0 Å². The van der Waals surface area contributed by atoms with Gasteiger partial charge in [-0.25, -0.2) is 0 Å². The Morgan fingerprint density at radius 2 is 1.94 bits per heavy atom. The molecular formula is C16H23NO. The third-order valence-corrected chi connectivity index (χ3v) is 3.85. The normalized spacial score (nSPS) is 21.6. The van der Waals surface area contributed by atoms with Crippen LogP contribution in [0.4, 0.5) is 0 Å². The smallest absolute Gasteiger partial charge is 0.176 e. The zero-order valence-electron chi connectivity index (χ0n) is 11.5. The number of hydrogen-bond donors (Lipinski definition) is 0. The molecule has 2 rings (SSSR count). The largest absolute Gasteiger partial charge is 0.296 e. The van der Waals surface area contributed by atoms with Gasteiger partial charge in [-0.05, 0) is 45.2 Å². The lowest BCUT2D eigenvalue weighted by atomic mass is 10.0. The van der Waals surface area contributed by atoms with Gasteiger partial charge in [0.1, 0.15) is 0 Å². The topological polar surface area (TPSA) is 20.3 Å². The lowest BCUT2D eigenvalue weighted by molar-refractivity contribution is 0.0932. The lowest BCUT2D eigenvalue weighted by Gasteiger charge is -2.18. The molecule has 0 spiro atoms. The molecule has 1 fully saturated rings. The molecule has 0 amide bonds. The van der Waals surface area contributed by atoms with E-state index in [0.29, 0.717) is 6.54 Å². The summed E-state index contributed by atoms with van der Waals surface area (Å²) >= 11 is 0. The van der Waals surface area contributed by atoms with E-state index in [-0.39, 0.29) is 5.78 Å². The Balaban J connectivity index is 1.92. The van der Waals surface area contributed by atoms with Crippen LogP contribution in [0, 0.1) is 12.8 Å². The Bertz CT molecular complexity index is 396. The van der Waals surface area contributed by atoms with E-state index in [1.165, 1.54) is 24.8 Å². The molecule has 1 heterocycles. The number of benzene rings is 1. The number of carbonyl (C=O) groups is 1. The number of Topliss-reactive ketones (excluding diaryl/α,β-unsaturated/α-hetero) is 1. The molecule has 0 aromatic heterocycles. The summed E-state index contributed by atoms with van der Waals surface area (Å²) in [5.74, 6) is 1.06. The van der Waals surface area contributed by atoms with Gasteiger partial charge >= 0.3 is 0 Å². The van der Waals surface area contributed by atoms with Crippen molar-refractivity contribution in [3.05, 3.63) is 35.4 Å². The number of carbonyl (C=O) groups excluding carboxylic acids is 1. The number of hydrogen-bond acceptors (Lipinski definition) is 2. The van der Waals surface area contributed by atoms with Crippen LogP contribution in [0.2, 0.25) is 0 Å². The number of likely N-dealkylation sites (tertiary alicyclic amines) is 1. The van der Waals surface area contributed by atoms with Crippen LogP contribution in [0.5, 0.6) is 0 Å². The molecule has 2 heteroatoms. The van der Waals surface area contributed by atoms with Gasteiger partial charge in [-0.15, -0.1) is 0 Å². The first kappa shape index (κ1) is 13.3. The third kappa shape index (κ3) is 3.67. The highest BCUT2D eigenvalue weighted by atomic mass is 16.1. The van der Waals surface area contributed by atoms with E-state index in [1.807, 2.05) is 31.2 Å². The Hall–Kier alpha value is -1.15. The SMILES string of the molecule is Cc1ccc(C(=O)CN2CCCC(C)CC2)cc1. The summed E-state index contributed by atoms with van der Waals surface area (Å²) in [6.45, 7) is 7.08. The summed E-state index contributed by atoms with van der Waals surface area (Å²) in [5.41, 5.74) is 2.05. The van der Waals surface area contributed by atoms with E-state index in [2.05, 4.69) is 11.8 Å². The summed E-state index contributed by atoms with van der Waals surface area (Å²) < 4.78 is 0. The number of nitrogens with zero attached hydrogens (tertiary/aromatic N) is 1. The van der Waals surface area contributed by atoms with Crippen LogP contribution in [0.25, 0.3) is 0 Å². The van der Waals surface area contributed by atoms with Crippen molar-refractivity contribution in [2.75, 3.05) is 19.6 Å². The Morgan fingerprint density at radius 1 is 1.22 bits per heavy atom. The van der Waals surface area contributed by atoms with Crippen molar-refractivity contribution in [2.45, 2.75) is 33.1 Å². The molecule has 2 nitrogen and oxygen atoms in total. The molecule has 0 bridgehead atoms. The maximum Gasteiger partial charge on any atom is 0.176 e. The molecule has 1 aliphatic rings. The highest BCUT2D eigenvalue weighted by molar-refractivity contribution is 5.97. The van der Waals surface area contributed by atoms with Crippen LogP contribution in [0.3, 0.4) is 0 Å². The average Bonchev–Trinajstić information content (AvgIpc) is 2.55. The molecule has 0 aliphatic carbocycles. The molecule has 1 aliphatic heterocycles. The average molecular weight is 245 g/mol. The first-order valence-corrected chi connectivity index (χ1v) is 6.97. The van der Waals surface area contributed by atoms with E-state index in [9.17, 15) is 4.79 Å². The summed E-state index contributed by atoms with van der Waals surface area (Å²) in [7, 11) is 0. The van der Waals surface area contributed by atoms with E-state index in [0.717, 1.165) is 24.6 Å². The summed E-state index contributed by atoms with van der Waals surface area (Å²) in [5, 5.41) is 0. The number of rotatable bonds is 3. The van der Waals surface area contributed by atoms with Crippen LogP contribution in [-0.2, 0) is 0 Å². The fourth-order valence-corrected chi connectivity index (χ4v) is 2.51. The van der Waals surface area contributed by atoms with Gasteiger partial charge in [0.2, 0.25) is 0 Å². The molecule has 1 unspecified atom stereocenters. The van der Waals surface area contributed by atoms with Gasteiger partial charge in [-0.1, -0.05) is 36.8 Å². The van der Waals surface area contributed by atoms with Crippen LogP contribution in [0.15, 0.2) is 24.3 Å². The van der Waals surface area contributed by atoms with E-state index < -0.39 is 0 Å². The van der Waals surface area contributed by atoms with Crippen LogP contribution in [0.1, 0.15) is 42.1 Å². The van der Waals surface area contributed by atoms with Crippen molar-refractivity contribution in [3.8, 4) is 0 Å². The van der Waals surface area contributed by atoms with Crippen molar-refractivity contribution < 1.29 is 4.79 Å². The maximum atomic E-state index is 12.2. The van der Waals surface area contributed by atoms with Gasteiger partial charge < -0.3 is 0 Å². The maximum absolute atomic E-state index is 12.2. The summed E-state index contributed by atoms with van der Waals surface area (Å²) in [4.78, 5) is 14.5. The van der Waals surface area contributed by atoms with Gasteiger partial charge in [0.05, 0.1) is 6.54 Å². The molecule has 0 saturated carbocycles. The highest BCUT2D eigenvalue weighted by Gasteiger charge is 2.16. The van der Waals surface area contributed by atoms with Gasteiger partial charge in [-0.3, -0.25) is 9.69 Å². The Labute approximate surface area is 110 Å². The fourth-order valence-electron chi connectivity index (χ4n) is 2.51. The quantitative estimate of drug-likeness (QED) is 0.762. The van der Waals surface area contributed by atoms with Gasteiger partial charge in [0, 0.05) is 5.56 Å². The van der Waals surface area contributed by atoms with Gasteiger partial charge in [-0.2, -0.15) is 0 Å². The van der Waals surface area contributed by atoms with Crippen molar-refractivity contribution in [1.82, 2.24) is 4.90 Å². The molecule has 0 N–H and O–H groups in total. The van der Waals surface area contributed by atoms with Crippen molar-refractivity contribution in [3.63, 3.8) is 0 Å². The minimum Gasteiger partial charge on any atom is -0.296 e. The highest BCUT2D eigenvalue weighted by Crippen LogP contribution is 2.16. The third-order valence-electron chi connectivity index (χ3n) is 3.85. The first-order valence-electron chi connectivity index (χ1n) is 6.97. The summed E-state index contributed by atoms with van der Waals surface area (Å²) in [6.07, 6.45) is 3.75. The van der Waals surface area contributed by atoms with Gasteiger partial charge in [0.15, 0.2) is 5.78 Å². The molecular weight excluding hydrogens is 222 g/mol. The van der Waals surface area contributed by atoms with Crippen LogP contribution < -0.4 is 0 Å². The van der Waals surface area contributed by atoms with Crippen molar-refractivity contribution >= 4 is 5.78 Å². The molecule has 0 radical (unpaired) electrons. The minimum absolute atomic E-state index is 0.254. The molecule has 98 valence electrons. The molecule has 1 saturated heterocycles. The summed E-state index contributed by atoms with van der Waals surface area (Å²) in [6, 6.07) is 7.91. The number of aryl methyl sites for hydroxylation is 1. The second-order valence-corrected chi connectivity index (χ2v) is 5.60. The lowest BCUT2D eigenvalue weighted by Crippen LogP contribution is -2.30. The molecule has 18 heavy (non-hydrogen) atoms. The second kappa shape index (κ2) is 6.14. The zero-order chi connectivity index (χ0) is 13.0. The van der Waals surface area contributed by atoms with Crippen LogP contribution in [-0.4, -0.2) is 30.3 Å².